The van der Waals surface area contributed by atoms with Crippen LogP contribution in [0.2, 0.25) is 0 Å². The van der Waals surface area contributed by atoms with Gasteiger partial charge in [-0.3, -0.25) is 4.79 Å². The van der Waals surface area contributed by atoms with Crippen molar-refractivity contribution in [3.05, 3.63) is 41.5 Å². The minimum Gasteiger partial charge on any atom is -0.337 e. The van der Waals surface area contributed by atoms with Gasteiger partial charge >= 0.3 is 6.18 Å². The zero-order valence-corrected chi connectivity index (χ0v) is 16.2. The Kier molecular flexibility index (Phi) is 5.86. The second kappa shape index (κ2) is 7.91. The molecule has 29 heavy (non-hydrogen) atoms. The van der Waals surface area contributed by atoms with Gasteiger partial charge in [-0.1, -0.05) is 11.3 Å². The Balaban J connectivity index is 0.00000240. The molecule has 0 radical (unpaired) electrons. The first kappa shape index (κ1) is 21.5. The summed E-state index contributed by atoms with van der Waals surface area (Å²) < 4.78 is 55.1. The molecule has 2 aliphatic rings. The van der Waals surface area contributed by atoms with E-state index < -0.39 is 29.3 Å². The molecule has 158 valence electrons. The van der Waals surface area contributed by atoms with E-state index in [1.807, 2.05) is 0 Å². The van der Waals surface area contributed by atoms with E-state index in [1.54, 1.807) is 0 Å². The van der Waals surface area contributed by atoms with Gasteiger partial charge in [0.1, 0.15) is 5.82 Å². The first-order valence-electron chi connectivity index (χ1n) is 9.08. The van der Waals surface area contributed by atoms with Gasteiger partial charge in [0.15, 0.2) is 11.4 Å². The number of piperidine rings is 1. The molecule has 1 amide bonds. The van der Waals surface area contributed by atoms with Crippen LogP contribution in [0.3, 0.4) is 0 Å². The van der Waals surface area contributed by atoms with Crippen LogP contribution < -0.4 is 5.32 Å². The Hall–Kier alpha value is -2.20. The first-order chi connectivity index (χ1) is 13.3. The van der Waals surface area contributed by atoms with E-state index in [1.165, 1.54) is 17.0 Å². The lowest BCUT2D eigenvalue weighted by atomic mass is 9.78. The molecule has 0 atom stereocenters. The number of aromatic nitrogens is 3. The molecule has 1 aromatic heterocycles. The Bertz CT molecular complexity index is 885. The largest absolute Gasteiger partial charge is 0.435 e. The van der Waals surface area contributed by atoms with Crippen LogP contribution in [0.4, 0.5) is 17.6 Å². The molecule has 1 N–H and O–H groups in total. The van der Waals surface area contributed by atoms with Crippen LogP contribution in [0.1, 0.15) is 35.4 Å². The molecule has 3 heterocycles. The number of likely N-dealkylation sites (tertiary alicyclic amines) is 1. The number of halogens is 5. The predicted octanol–water partition coefficient (Wildman–Crippen LogP) is 3.06. The summed E-state index contributed by atoms with van der Waals surface area (Å²) in [4.78, 5) is 14.2. The van der Waals surface area contributed by atoms with Crippen molar-refractivity contribution in [2.75, 3.05) is 26.2 Å². The van der Waals surface area contributed by atoms with Crippen molar-refractivity contribution in [2.24, 2.45) is 5.41 Å². The molecular weight excluding hydrogens is 414 g/mol. The second-order valence-electron chi connectivity index (χ2n) is 7.40. The van der Waals surface area contributed by atoms with Gasteiger partial charge in [0, 0.05) is 19.6 Å². The fourth-order valence-electron chi connectivity index (χ4n) is 4.03. The highest BCUT2D eigenvalue weighted by atomic mass is 35.5. The molecule has 2 fully saturated rings. The molecule has 0 saturated carbocycles. The van der Waals surface area contributed by atoms with Crippen molar-refractivity contribution < 1.29 is 22.4 Å². The number of carbonyl (C=O) groups is 1. The van der Waals surface area contributed by atoms with Crippen LogP contribution in [0.25, 0.3) is 5.69 Å². The Morgan fingerprint density at radius 2 is 1.90 bits per heavy atom. The van der Waals surface area contributed by atoms with Gasteiger partial charge < -0.3 is 10.2 Å². The fourth-order valence-corrected chi connectivity index (χ4v) is 4.03. The third kappa shape index (κ3) is 4.09. The lowest BCUT2D eigenvalue weighted by molar-refractivity contribution is -0.143. The molecule has 1 aromatic carbocycles. The molecule has 0 bridgehead atoms. The Morgan fingerprint density at radius 1 is 1.17 bits per heavy atom. The predicted molar refractivity (Wildman–Crippen MR) is 98.6 cm³/mol. The van der Waals surface area contributed by atoms with Crippen LogP contribution >= 0.6 is 12.4 Å². The van der Waals surface area contributed by atoms with Crippen LogP contribution in [0.15, 0.2) is 24.3 Å². The molecule has 0 unspecified atom stereocenters. The van der Waals surface area contributed by atoms with Crippen LogP contribution in [-0.4, -0.2) is 52.0 Å². The van der Waals surface area contributed by atoms with E-state index >= 15 is 0 Å². The van der Waals surface area contributed by atoms with E-state index in [0.29, 0.717) is 17.8 Å². The first-order valence-corrected chi connectivity index (χ1v) is 9.08. The monoisotopic (exact) mass is 433 g/mol. The van der Waals surface area contributed by atoms with E-state index in [0.717, 1.165) is 44.5 Å². The average Bonchev–Trinajstić information content (AvgIpc) is 3.29. The summed E-state index contributed by atoms with van der Waals surface area (Å²) in [5, 5.41) is 10.3. The van der Waals surface area contributed by atoms with Crippen molar-refractivity contribution in [3.8, 4) is 5.69 Å². The number of hydrogen-bond donors (Lipinski definition) is 1. The highest BCUT2D eigenvalue weighted by Crippen LogP contribution is 2.38. The number of rotatable bonds is 2. The SMILES string of the molecule is Cl.O=C(c1nnn(-c2cccc(F)c2)c1C(F)(F)F)N1CCC2(CCNC2)CC1. The Morgan fingerprint density at radius 3 is 2.48 bits per heavy atom. The quantitative estimate of drug-likeness (QED) is 0.739. The topological polar surface area (TPSA) is 63.1 Å². The van der Waals surface area contributed by atoms with Crippen LogP contribution in [0.5, 0.6) is 0 Å². The number of nitrogens with zero attached hydrogens (tertiary/aromatic N) is 4. The summed E-state index contributed by atoms with van der Waals surface area (Å²) in [5.41, 5.74) is -2.06. The molecule has 4 rings (SSSR count). The number of amides is 1. The normalized spacial score (nSPS) is 18.7. The molecule has 0 aliphatic carbocycles. The minimum atomic E-state index is -4.87. The van der Waals surface area contributed by atoms with E-state index in [4.69, 9.17) is 0 Å². The van der Waals surface area contributed by atoms with Crippen LogP contribution in [0, 0.1) is 11.2 Å². The fraction of sp³-hybridized carbons (Fsp3) is 0.500. The molecular formula is C18H20ClF4N5O. The molecule has 2 aliphatic heterocycles. The Labute approximate surface area is 170 Å². The highest BCUT2D eigenvalue weighted by Gasteiger charge is 2.44. The van der Waals surface area contributed by atoms with E-state index in [-0.39, 0.29) is 23.5 Å². The highest BCUT2D eigenvalue weighted by molar-refractivity contribution is 5.93. The van der Waals surface area contributed by atoms with Crippen LogP contribution in [-0.2, 0) is 6.18 Å². The average molecular weight is 434 g/mol. The van der Waals surface area contributed by atoms with Gasteiger partial charge in [-0.2, -0.15) is 13.2 Å². The van der Waals surface area contributed by atoms with Gasteiger partial charge in [0.05, 0.1) is 5.69 Å². The lowest BCUT2D eigenvalue weighted by Gasteiger charge is -2.38. The van der Waals surface area contributed by atoms with Crippen molar-refractivity contribution in [1.29, 1.82) is 0 Å². The standard InChI is InChI=1S/C18H19F4N5O.ClH/c19-12-2-1-3-13(10-12)27-15(18(20,21)22)14(24-25-27)16(28)26-8-5-17(6-9-26)4-7-23-11-17;/h1-3,10,23H,4-9,11H2;1H. The lowest BCUT2D eigenvalue weighted by Crippen LogP contribution is -2.44. The summed E-state index contributed by atoms with van der Waals surface area (Å²) in [6.45, 7) is 2.56. The minimum absolute atomic E-state index is 0. The van der Waals surface area contributed by atoms with Crippen molar-refractivity contribution in [1.82, 2.24) is 25.2 Å². The maximum atomic E-state index is 13.7. The number of nitrogens with one attached hydrogen (secondary N) is 1. The molecule has 2 aromatic rings. The molecule has 1 spiro atoms. The number of alkyl halides is 3. The molecule has 2 saturated heterocycles. The van der Waals surface area contributed by atoms with Gasteiger partial charge in [-0.05, 0) is 49.4 Å². The molecule has 6 nitrogen and oxygen atoms in total. The zero-order chi connectivity index (χ0) is 19.9. The third-order valence-electron chi connectivity index (χ3n) is 5.64. The zero-order valence-electron chi connectivity index (χ0n) is 15.4. The summed E-state index contributed by atoms with van der Waals surface area (Å²) in [6, 6.07) is 4.57. The van der Waals surface area contributed by atoms with Crippen molar-refractivity contribution in [3.63, 3.8) is 0 Å². The third-order valence-corrected chi connectivity index (χ3v) is 5.64. The van der Waals surface area contributed by atoms with Gasteiger partial charge in [-0.15, -0.1) is 17.5 Å². The molecule has 11 heteroatoms. The van der Waals surface area contributed by atoms with Gasteiger partial charge in [-0.25, -0.2) is 9.07 Å². The van der Waals surface area contributed by atoms with E-state index in [9.17, 15) is 22.4 Å². The number of benzene rings is 1. The second-order valence-corrected chi connectivity index (χ2v) is 7.40. The summed E-state index contributed by atoms with van der Waals surface area (Å²) in [7, 11) is 0. The van der Waals surface area contributed by atoms with Crippen molar-refractivity contribution in [2.45, 2.75) is 25.4 Å². The number of carbonyl (C=O) groups excluding carboxylic acids is 1. The van der Waals surface area contributed by atoms with Gasteiger partial charge in [0.25, 0.3) is 5.91 Å². The summed E-state index contributed by atoms with van der Waals surface area (Å²) in [6.07, 6.45) is -2.37. The smallest absolute Gasteiger partial charge is 0.337 e. The maximum Gasteiger partial charge on any atom is 0.435 e. The summed E-state index contributed by atoms with van der Waals surface area (Å²) in [5.74, 6) is -1.50. The van der Waals surface area contributed by atoms with Crippen molar-refractivity contribution >= 4 is 18.3 Å². The van der Waals surface area contributed by atoms with Gasteiger partial charge in [0.2, 0.25) is 0 Å². The maximum absolute atomic E-state index is 13.7. The van der Waals surface area contributed by atoms with E-state index in [2.05, 4.69) is 15.6 Å². The summed E-state index contributed by atoms with van der Waals surface area (Å²) >= 11 is 0. The number of hydrogen-bond acceptors (Lipinski definition) is 4.